The molecule has 19 heavy (non-hydrogen) atoms. The molecule has 1 aromatic carbocycles. The van der Waals surface area contributed by atoms with Crippen LogP contribution in [-0.4, -0.2) is 23.7 Å². The van der Waals surface area contributed by atoms with Crippen molar-refractivity contribution in [2.24, 2.45) is 11.7 Å². The van der Waals surface area contributed by atoms with Gasteiger partial charge in [0.1, 0.15) is 11.4 Å². The number of carbonyl (C=O) groups excluding carboxylic acids is 1. The molecule has 1 atom stereocenters. The number of nitrogens with two attached hydrogens (primary N) is 1. The van der Waals surface area contributed by atoms with Crippen molar-refractivity contribution in [2.45, 2.75) is 30.2 Å². The molecule has 104 valence electrons. The van der Waals surface area contributed by atoms with Gasteiger partial charge < -0.3 is 11.1 Å². The number of hydrogen-bond acceptors (Lipinski definition) is 3. The molecule has 0 spiro atoms. The molecular formula is C14H19FN2OS. The van der Waals surface area contributed by atoms with Crippen molar-refractivity contribution < 1.29 is 9.18 Å². The summed E-state index contributed by atoms with van der Waals surface area (Å²) in [4.78, 5) is 12.8. The summed E-state index contributed by atoms with van der Waals surface area (Å²) in [5.41, 5.74) is 4.98. The van der Waals surface area contributed by atoms with E-state index in [2.05, 4.69) is 5.32 Å². The topological polar surface area (TPSA) is 55.1 Å². The fourth-order valence-electron chi connectivity index (χ4n) is 2.29. The van der Waals surface area contributed by atoms with Crippen molar-refractivity contribution in [3.05, 3.63) is 30.1 Å². The molecule has 3 nitrogen and oxygen atoms in total. The molecule has 3 N–H and O–H groups in total. The lowest BCUT2D eigenvalue weighted by Gasteiger charge is -2.31. The van der Waals surface area contributed by atoms with Crippen LogP contribution in [0.4, 0.5) is 4.39 Å². The fraction of sp³-hybridized carbons (Fsp3) is 0.500. The monoisotopic (exact) mass is 282 g/mol. The van der Waals surface area contributed by atoms with Crippen LogP contribution in [0.15, 0.2) is 29.2 Å². The van der Waals surface area contributed by atoms with Crippen LogP contribution < -0.4 is 11.1 Å². The van der Waals surface area contributed by atoms with Gasteiger partial charge in [0.25, 0.3) is 0 Å². The first kappa shape index (κ1) is 14.3. The van der Waals surface area contributed by atoms with Gasteiger partial charge in [-0.3, -0.25) is 4.79 Å². The zero-order chi connectivity index (χ0) is 13.9. The van der Waals surface area contributed by atoms with Crippen molar-refractivity contribution in [3.8, 4) is 0 Å². The normalized spacial score (nSPS) is 18.0. The summed E-state index contributed by atoms with van der Waals surface area (Å²) in [6.45, 7) is 2.69. The number of hydrogen-bond donors (Lipinski definition) is 2. The smallest absolute Gasteiger partial charge is 0.238 e. The molecule has 1 aromatic rings. The van der Waals surface area contributed by atoms with Gasteiger partial charge >= 0.3 is 0 Å². The van der Waals surface area contributed by atoms with E-state index in [1.54, 1.807) is 23.9 Å². The minimum atomic E-state index is -0.631. The Bertz CT molecular complexity index is 447. The van der Waals surface area contributed by atoms with E-state index < -0.39 is 5.54 Å². The lowest BCUT2D eigenvalue weighted by atomic mass is 9.94. The van der Waals surface area contributed by atoms with Gasteiger partial charge in [0.15, 0.2) is 0 Å². The molecule has 1 fully saturated rings. The summed E-state index contributed by atoms with van der Waals surface area (Å²) >= 11 is 1.54. The summed E-state index contributed by atoms with van der Waals surface area (Å²) in [7, 11) is 0. The van der Waals surface area contributed by atoms with Crippen molar-refractivity contribution in [1.82, 2.24) is 5.32 Å². The van der Waals surface area contributed by atoms with Crippen LogP contribution >= 0.6 is 11.8 Å². The van der Waals surface area contributed by atoms with E-state index in [-0.39, 0.29) is 11.7 Å². The molecular weight excluding hydrogens is 263 g/mol. The molecule has 0 saturated heterocycles. The number of benzene rings is 1. The van der Waals surface area contributed by atoms with Crippen molar-refractivity contribution in [3.63, 3.8) is 0 Å². The lowest BCUT2D eigenvalue weighted by molar-refractivity contribution is -0.124. The molecule has 0 radical (unpaired) electrons. The number of amides is 1. The molecule has 1 aliphatic rings. The minimum Gasteiger partial charge on any atom is -0.368 e. The Labute approximate surface area is 117 Å². The number of carbonyl (C=O) groups is 1. The molecule has 0 aromatic heterocycles. The molecule has 1 saturated carbocycles. The number of primary amides is 1. The SMILES string of the molecule is CCNC(CSc1ccc(F)cc1)(C(N)=O)C1CC1. The van der Waals surface area contributed by atoms with Gasteiger partial charge in [-0.05, 0) is 49.6 Å². The van der Waals surface area contributed by atoms with Gasteiger partial charge in [-0.2, -0.15) is 0 Å². The molecule has 0 aliphatic heterocycles. The maximum Gasteiger partial charge on any atom is 0.238 e. The average Bonchev–Trinajstić information content (AvgIpc) is 3.20. The summed E-state index contributed by atoms with van der Waals surface area (Å²) in [6.07, 6.45) is 2.08. The summed E-state index contributed by atoms with van der Waals surface area (Å²) in [5, 5.41) is 3.27. The second kappa shape index (κ2) is 5.92. The van der Waals surface area contributed by atoms with Crippen LogP contribution in [0.25, 0.3) is 0 Å². The van der Waals surface area contributed by atoms with Crippen LogP contribution in [0.2, 0.25) is 0 Å². The van der Waals surface area contributed by atoms with Crippen LogP contribution in [0.5, 0.6) is 0 Å². The van der Waals surface area contributed by atoms with E-state index in [4.69, 9.17) is 5.73 Å². The fourth-order valence-corrected chi connectivity index (χ4v) is 3.50. The Morgan fingerprint density at radius 3 is 2.58 bits per heavy atom. The highest BCUT2D eigenvalue weighted by Crippen LogP contribution is 2.42. The highest BCUT2D eigenvalue weighted by Gasteiger charge is 2.49. The van der Waals surface area contributed by atoms with E-state index in [0.717, 1.165) is 17.7 Å². The van der Waals surface area contributed by atoms with Crippen molar-refractivity contribution >= 4 is 17.7 Å². The van der Waals surface area contributed by atoms with E-state index in [0.29, 0.717) is 18.2 Å². The number of thioether (sulfide) groups is 1. The first-order valence-electron chi connectivity index (χ1n) is 6.52. The Balaban J connectivity index is 2.07. The Hall–Kier alpha value is -1.07. The molecule has 0 bridgehead atoms. The zero-order valence-corrected chi connectivity index (χ0v) is 11.8. The highest BCUT2D eigenvalue weighted by atomic mass is 32.2. The molecule has 1 amide bonds. The molecule has 2 rings (SSSR count). The van der Waals surface area contributed by atoms with Crippen molar-refractivity contribution in [2.75, 3.05) is 12.3 Å². The van der Waals surface area contributed by atoms with Gasteiger partial charge in [0.2, 0.25) is 5.91 Å². The second-order valence-corrected chi connectivity index (χ2v) is 5.93. The third kappa shape index (κ3) is 3.28. The molecule has 5 heteroatoms. The van der Waals surface area contributed by atoms with Gasteiger partial charge in [0, 0.05) is 10.6 Å². The predicted molar refractivity (Wildman–Crippen MR) is 75.5 cm³/mol. The van der Waals surface area contributed by atoms with Crippen molar-refractivity contribution in [1.29, 1.82) is 0 Å². The minimum absolute atomic E-state index is 0.251. The summed E-state index contributed by atoms with van der Waals surface area (Å²) < 4.78 is 12.9. The van der Waals surface area contributed by atoms with Crippen LogP contribution in [0.1, 0.15) is 19.8 Å². The predicted octanol–water partition coefficient (Wildman–Crippen LogP) is 2.16. The lowest BCUT2D eigenvalue weighted by Crippen LogP contribution is -2.59. The molecule has 1 unspecified atom stereocenters. The van der Waals surface area contributed by atoms with E-state index in [9.17, 15) is 9.18 Å². The average molecular weight is 282 g/mol. The largest absolute Gasteiger partial charge is 0.368 e. The second-order valence-electron chi connectivity index (χ2n) is 4.88. The van der Waals surface area contributed by atoms with E-state index in [1.165, 1.54) is 12.1 Å². The van der Waals surface area contributed by atoms with Gasteiger partial charge in [-0.1, -0.05) is 6.92 Å². The Kier molecular flexibility index (Phi) is 4.47. The summed E-state index contributed by atoms with van der Waals surface area (Å²) in [5.74, 6) is 0.385. The van der Waals surface area contributed by atoms with E-state index in [1.807, 2.05) is 6.92 Å². The highest BCUT2D eigenvalue weighted by molar-refractivity contribution is 7.99. The van der Waals surface area contributed by atoms with E-state index >= 15 is 0 Å². The van der Waals surface area contributed by atoms with Gasteiger partial charge in [0.05, 0.1) is 0 Å². The van der Waals surface area contributed by atoms with Gasteiger partial charge in [-0.15, -0.1) is 11.8 Å². The maximum absolute atomic E-state index is 12.9. The Morgan fingerprint density at radius 1 is 1.47 bits per heavy atom. The summed E-state index contributed by atoms with van der Waals surface area (Å²) in [6, 6.07) is 6.31. The number of likely N-dealkylation sites (N-methyl/N-ethyl adjacent to an activating group) is 1. The van der Waals surface area contributed by atoms with Crippen LogP contribution in [-0.2, 0) is 4.79 Å². The molecule has 0 heterocycles. The third-order valence-electron chi connectivity index (χ3n) is 3.49. The van der Waals surface area contributed by atoms with Crippen LogP contribution in [0.3, 0.4) is 0 Å². The standard InChI is InChI=1S/C14H19FN2OS/c1-2-17-14(13(16)18,10-3-4-10)9-19-12-7-5-11(15)6-8-12/h5-8,10,17H,2-4,9H2,1H3,(H2,16,18). The number of nitrogens with one attached hydrogen (secondary N) is 1. The maximum atomic E-state index is 12.9. The molecule has 1 aliphatic carbocycles. The number of rotatable bonds is 7. The van der Waals surface area contributed by atoms with Crippen LogP contribution in [0, 0.1) is 11.7 Å². The third-order valence-corrected chi connectivity index (χ3v) is 4.69. The van der Waals surface area contributed by atoms with Gasteiger partial charge in [-0.25, -0.2) is 4.39 Å². The Morgan fingerprint density at radius 2 is 2.11 bits per heavy atom. The quantitative estimate of drug-likeness (QED) is 0.754. The first-order chi connectivity index (χ1) is 9.08. The first-order valence-corrected chi connectivity index (χ1v) is 7.50. The number of halogens is 1. The zero-order valence-electron chi connectivity index (χ0n) is 11.0.